The van der Waals surface area contributed by atoms with Gasteiger partial charge in [-0.25, -0.2) is 0 Å². The van der Waals surface area contributed by atoms with Gasteiger partial charge < -0.3 is 0 Å². The van der Waals surface area contributed by atoms with E-state index in [2.05, 4.69) is 15.3 Å². The first kappa shape index (κ1) is 6.85. The maximum absolute atomic E-state index is 10.4. The van der Waals surface area contributed by atoms with Crippen LogP contribution in [0.4, 0.5) is 0 Å². The summed E-state index contributed by atoms with van der Waals surface area (Å²) in [4.78, 5) is 10.4. The number of carbonyl (C=O) groups excluding carboxylic acids is 1. The monoisotopic (exact) mass is 242 g/mol. The van der Waals surface area contributed by atoms with E-state index in [1.54, 1.807) is 4.07 Å². The minimum atomic E-state index is -0.211. The second kappa shape index (κ2) is 2.66. The Morgan fingerprint density at radius 1 is 1.40 bits per heavy atom. The molecule has 0 aromatic rings. The van der Waals surface area contributed by atoms with E-state index < -0.39 is 0 Å². The zero-order valence-corrected chi connectivity index (χ0v) is 10.2. The van der Waals surface area contributed by atoms with Gasteiger partial charge in [-0.1, -0.05) is 0 Å². The van der Waals surface area contributed by atoms with Crippen molar-refractivity contribution in [1.82, 2.24) is 0 Å². The molecule has 0 bridgehead atoms. The summed E-state index contributed by atoms with van der Waals surface area (Å²) >= 11 is -0.337. The topological polar surface area (TPSA) is 17.1 Å². The predicted molar refractivity (Wildman–Crippen MR) is 44.8 cm³/mol. The summed E-state index contributed by atoms with van der Waals surface area (Å²) in [6, 6.07) is 0. The van der Waals surface area contributed by atoms with Crippen LogP contribution in [0, 0.1) is 0 Å². The van der Waals surface area contributed by atoms with E-state index in [9.17, 15) is 4.79 Å². The van der Waals surface area contributed by atoms with Crippen molar-refractivity contribution < 1.29 is 4.79 Å². The Labute approximate surface area is 73.8 Å². The third-order valence-corrected chi connectivity index (χ3v) is 9.02. The number of allylic oxidation sites excluding steroid dienone is 2. The van der Waals surface area contributed by atoms with Crippen molar-refractivity contribution in [1.29, 1.82) is 0 Å². The predicted octanol–water partition coefficient (Wildman–Crippen LogP) is -0.637. The van der Waals surface area contributed by atoms with E-state index in [1.165, 1.54) is 4.07 Å². The molecule has 0 N–H and O–H groups in total. The van der Waals surface area contributed by atoms with Gasteiger partial charge in [-0.05, 0) is 0 Å². The summed E-state index contributed by atoms with van der Waals surface area (Å²) in [6.45, 7) is 0. The molecule has 0 spiro atoms. The van der Waals surface area contributed by atoms with E-state index in [-0.39, 0.29) is 33.9 Å². The fourth-order valence-electron chi connectivity index (χ4n) is 1.00. The molecular weight excluding hydrogens is 240 g/mol. The molecule has 0 amide bonds. The molecule has 0 fully saturated rings. The van der Waals surface area contributed by atoms with Gasteiger partial charge in [0.2, 0.25) is 0 Å². The summed E-state index contributed by atoms with van der Waals surface area (Å²) < 4.78 is 7.51. The van der Waals surface area contributed by atoms with E-state index in [0.717, 1.165) is 11.9 Å². The normalized spacial score (nSPS) is 18.2. The van der Waals surface area contributed by atoms with Crippen molar-refractivity contribution in [3.63, 3.8) is 0 Å². The molecule has 0 saturated carbocycles. The fraction of sp³-hybridized carbons (Fsp3) is 0. The van der Waals surface area contributed by atoms with Crippen molar-refractivity contribution in [2.45, 2.75) is 0 Å². The number of hydrogen-bond acceptors (Lipinski definition) is 1. The Bertz CT molecular complexity index is 292. The first-order valence-corrected chi connectivity index (χ1v) is 8.40. The van der Waals surface area contributed by atoms with Gasteiger partial charge in [-0.15, -0.1) is 0 Å². The molecule has 0 aliphatic carbocycles. The van der Waals surface area contributed by atoms with Gasteiger partial charge in [-0.2, -0.15) is 0 Å². The van der Waals surface area contributed by atoms with Crippen molar-refractivity contribution in [3.05, 3.63) is 20.9 Å². The summed E-state index contributed by atoms with van der Waals surface area (Å²) in [7, 11) is 0. The molecule has 0 aromatic carbocycles. The van der Waals surface area contributed by atoms with Gasteiger partial charge in [0.1, 0.15) is 0 Å². The van der Waals surface area contributed by atoms with Crippen LogP contribution in [0.5, 0.6) is 0 Å². The molecule has 2 aliphatic rings. The second-order valence-corrected chi connectivity index (χ2v) is 7.72. The van der Waals surface area contributed by atoms with Crippen LogP contribution in [0.3, 0.4) is 0 Å². The van der Waals surface area contributed by atoms with Crippen LogP contribution in [0.15, 0.2) is 20.9 Å². The Morgan fingerprint density at radius 3 is 2.50 bits per heavy atom. The van der Waals surface area contributed by atoms with Gasteiger partial charge in [0.25, 0.3) is 0 Å². The van der Waals surface area contributed by atoms with Crippen molar-refractivity contribution in [2.24, 2.45) is 0 Å². The molecule has 2 heterocycles. The van der Waals surface area contributed by atoms with Crippen molar-refractivity contribution in [2.75, 3.05) is 0 Å². The van der Waals surface area contributed by atoms with Crippen LogP contribution >= 0.6 is 0 Å². The third kappa shape index (κ3) is 0.935. The van der Waals surface area contributed by atoms with Crippen LogP contribution in [0.25, 0.3) is 0 Å². The van der Waals surface area contributed by atoms with E-state index in [1.807, 2.05) is 0 Å². The molecule has 2 aliphatic heterocycles. The molecule has 3 heteroatoms. The fourth-order valence-corrected chi connectivity index (χ4v) is 6.65. The van der Waals surface area contributed by atoms with Crippen LogP contribution in [0.2, 0.25) is 0 Å². The van der Waals surface area contributed by atoms with Crippen LogP contribution < -0.4 is 0 Å². The molecule has 0 saturated heterocycles. The molecule has 44 valence electrons. The molecule has 0 aromatic heterocycles. The second-order valence-electron chi connectivity index (χ2n) is 2.30. The first-order valence-electron chi connectivity index (χ1n) is 3.18. The number of hydrogen-bond donors (Lipinski definition) is 0. The Morgan fingerprint density at radius 2 is 2.20 bits per heavy atom. The van der Waals surface area contributed by atoms with Crippen molar-refractivity contribution in [3.8, 4) is 0 Å². The molecule has 2 rings (SSSR count). The molecule has 0 radical (unpaired) electrons. The first-order chi connectivity index (χ1) is 4.92. The zero-order valence-electron chi connectivity index (χ0n) is 5.37. The van der Waals surface area contributed by atoms with E-state index in [0.29, 0.717) is 0 Å². The quantitative estimate of drug-likeness (QED) is 0.466. The Hall–Kier alpha value is 0.163. The van der Waals surface area contributed by atoms with Gasteiger partial charge in [0, 0.05) is 0 Å². The zero-order chi connectivity index (χ0) is 6.97. The Kier molecular flexibility index (Phi) is 1.82. The summed E-state index contributed by atoms with van der Waals surface area (Å²) in [5.74, 6) is 0. The number of aldehydes is 1. The van der Waals surface area contributed by atoms with Crippen molar-refractivity contribution >= 4 is 48.3 Å². The molecular formula is C7H4Ga2O. The Balaban J connectivity index is 2.16. The van der Waals surface area contributed by atoms with Crippen LogP contribution in [0.1, 0.15) is 0 Å². The van der Waals surface area contributed by atoms with Crippen LogP contribution in [-0.2, 0) is 4.79 Å². The maximum atomic E-state index is 10.4. The van der Waals surface area contributed by atoms with Gasteiger partial charge in [0.05, 0.1) is 0 Å². The average Bonchev–Trinajstić information content (AvgIpc) is 1.77. The summed E-state index contributed by atoms with van der Waals surface area (Å²) in [6.07, 6.45) is 3.20. The standard InChI is InChI=1S/C7H4O.2Ga/c1-3-4-5-7(2)6-8;;/h1-3,6H;;. The summed E-state index contributed by atoms with van der Waals surface area (Å²) in [5.41, 5.74) is 1.01. The van der Waals surface area contributed by atoms with E-state index in [4.69, 9.17) is 0 Å². The summed E-state index contributed by atoms with van der Waals surface area (Å²) in [5, 5.41) is 0. The number of carbonyl (C=O) groups is 1. The SMILES string of the molecule is O=CC1=[CH][Ga]=[C]1[C]1=[Ga][CH]=C1. The van der Waals surface area contributed by atoms with Crippen LogP contribution in [-0.4, -0.2) is 48.3 Å². The molecule has 10 heavy (non-hydrogen) atoms. The average molecular weight is 244 g/mol. The molecule has 1 nitrogen and oxygen atoms in total. The molecule has 0 unspecified atom stereocenters. The molecule has 0 atom stereocenters. The van der Waals surface area contributed by atoms with Gasteiger partial charge >= 0.3 is 74.0 Å². The third-order valence-electron chi connectivity index (χ3n) is 1.73. The number of rotatable bonds is 2. The van der Waals surface area contributed by atoms with E-state index >= 15 is 0 Å². The minimum absolute atomic E-state index is 0.127. The van der Waals surface area contributed by atoms with Gasteiger partial charge in [-0.3, -0.25) is 0 Å². The van der Waals surface area contributed by atoms with Gasteiger partial charge in [0.15, 0.2) is 0 Å².